The molecule has 0 radical (unpaired) electrons. The molecule has 0 aliphatic heterocycles. The van der Waals surface area contributed by atoms with Gasteiger partial charge in [0.25, 0.3) is 5.91 Å². The summed E-state index contributed by atoms with van der Waals surface area (Å²) in [7, 11) is 1.64. The van der Waals surface area contributed by atoms with Crippen LogP contribution in [0.3, 0.4) is 0 Å². The first-order valence-electron chi connectivity index (χ1n) is 7.07. The zero-order valence-electron chi connectivity index (χ0n) is 12.8. The minimum absolute atomic E-state index is 0.00766. The van der Waals surface area contributed by atoms with E-state index in [2.05, 4.69) is 36.4 Å². The van der Waals surface area contributed by atoms with Gasteiger partial charge in [0, 0.05) is 26.0 Å². The maximum absolute atomic E-state index is 12.4. The van der Waals surface area contributed by atoms with E-state index < -0.39 is 0 Å². The Kier molecular flexibility index (Phi) is 7.01. The number of carbonyl (C=O) groups is 1. The van der Waals surface area contributed by atoms with Crippen molar-refractivity contribution in [3.63, 3.8) is 0 Å². The number of pyridine rings is 1. The van der Waals surface area contributed by atoms with Gasteiger partial charge in [-0.3, -0.25) is 9.78 Å². The number of hydrogen-bond donors (Lipinski definition) is 2. The molecule has 1 aromatic heterocycles. The lowest BCUT2D eigenvalue weighted by Gasteiger charge is -2.22. The molecule has 1 atom stereocenters. The number of rotatable bonds is 8. The molecule has 1 amide bonds. The lowest BCUT2D eigenvalue weighted by Crippen LogP contribution is -2.41. The summed E-state index contributed by atoms with van der Waals surface area (Å²) in [6.07, 6.45) is 4.28. The van der Waals surface area contributed by atoms with Gasteiger partial charge in [-0.1, -0.05) is 20.8 Å². The van der Waals surface area contributed by atoms with Crippen molar-refractivity contribution in [3.05, 3.63) is 24.0 Å². The molecule has 0 saturated carbocycles. The smallest absolute Gasteiger partial charge is 0.255 e. The molecule has 0 spiro atoms. The normalized spacial score (nSPS) is 12.2. The van der Waals surface area contributed by atoms with Crippen LogP contribution in [0.5, 0.6) is 0 Å². The van der Waals surface area contributed by atoms with Gasteiger partial charge < -0.3 is 15.4 Å². The fraction of sp³-hybridized carbons (Fsp3) is 0.600. The number of aromatic nitrogens is 1. The molecule has 1 unspecified atom stereocenters. The van der Waals surface area contributed by atoms with Crippen molar-refractivity contribution in [3.8, 4) is 0 Å². The monoisotopic (exact) mass is 279 g/mol. The Morgan fingerprint density at radius 1 is 1.45 bits per heavy atom. The molecule has 1 aromatic rings. The predicted molar refractivity (Wildman–Crippen MR) is 81.0 cm³/mol. The Labute approximate surface area is 121 Å². The van der Waals surface area contributed by atoms with Crippen LogP contribution in [-0.2, 0) is 4.74 Å². The summed E-state index contributed by atoms with van der Waals surface area (Å²) in [5.41, 5.74) is 1.39. The Bertz CT molecular complexity index is 421. The van der Waals surface area contributed by atoms with Crippen LogP contribution in [0, 0.1) is 5.92 Å². The number of anilines is 1. The molecule has 5 heteroatoms. The van der Waals surface area contributed by atoms with Gasteiger partial charge in [0.1, 0.15) is 0 Å². The zero-order valence-corrected chi connectivity index (χ0v) is 12.8. The summed E-state index contributed by atoms with van der Waals surface area (Å²) >= 11 is 0. The number of carbonyl (C=O) groups excluding carboxylic acids is 1. The SMILES string of the molecule is CCCNc1ccncc1C(=O)NC(COC)C(C)C. The van der Waals surface area contributed by atoms with Crippen molar-refractivity contribution in [2.45, 2.75) is 33.2 Å². The maximum Gasteiger partial charge on any atom is 0.255 e. The van der Waals surface area contributed by atoms with E-state index in [4.69, 9.17) is 4.74 Å². The highest BCUT2D eigenvalue weighted by molar-refractivity contribution is 5.99. The van der Waals surface area contributed by atoms with Crippen LogP contribution in [0.4, 0.5) is 5.69 Å². The molecule has 0 saturated heterocycles. The number of methoxy groups -OCH3 is 1. The van der Waals surface area contributed by atoms with Gasteiger partial charge in [0.15, 0.2) is 0 Å². The van der Waals surface area contributed by atoms with Crippen molar-refractivity contribution in [1.29, 1.82) is 0 Å². The van der Waals surface area contributed by atoms with Crippen LogP contribution < -0.4 is 10.6 Å². The minimum atomic E-state index is -0.118. The lowest BCUT2D eigenvalue weighted by atomic mass is 10.0. The third kappa shape index (κ3) is 4.81. The molecule has 0 bridgehead atoms. The van der Waals surface area contributed by atoms with E-state index in [1.54, 1.807) is 19.5 Å². The Morgan fingerprint density at radius 3 is 2.80 bits per heavy atom. The highest BCUT2D eigenvalue weighted by Crippen LogP contribution is 2.14. The molecule has 0 aromatic carbocycles. The molecule has 1 rings (SSSR count). The zero-order chi connectivity index (χ0) is 15.0. The van der Waals surface area contributed by atoms with Gasteiger partial charge in [-0.05, 0) is 18.4 Å². The van der Waals surface area contributed by atoms with Gasteiger partial charge in [-0.15, -0.1) is 0 Å². The minimum Gasteiger partial charge on any atom is -0.384 e. The van der Waals surface area contributed by atoms with Crippen LogP contribution in [0.25, 0.3) is 0 Å². The average Bonchev–Trinajstić information content (AvgIpc) is 2.44. The summed E-state index contributed by atoms with van der Waals surface area (Å²) in [5, 5.41) is 6.25. The van der Waals surface area contributed by atoms with Crippen molar-refractivity contribution >= 4 is 11.6 Å². The first kappa shape index (κ1) is 16.4. The fourth-order valence-corrected chi connectivity index (χ4v) is 1.82. The van der Waals surface area contributed by atoms with Gasteiger partial charge in [0.2, 0.25) is 0 Å². The largest absolute Gasteiger partial charge is 0.384 e. The molecule has 0 aliphatic carbocycles. The van der Waals surface area contributed by atoms with Gasteiger partial charge in [-0.2, -0.15) is 0 Å². The van der Waals surface area contributed by atoms with E-state index in [-0.39, 0.29) is 11.9 Å². The first-order chi connectivity index (χ1) is 9.60. The van der Waals surface area contributed by atoms with Crippen LogP contribution in [-0.4, -0.2) is 37.2 Å². The second-order valence-electron chi connectivity index (χ2n) is 5.13. The van der Waals surface area contributed by atoms with Crippen molar-refractivity contribution in [1.82, 2.24) is 10.3 Å². The summed E-state index contributed by atoms with van der Waals surface area (Å²) in [6.45, 7) is 7.53. The van der Waals surface area contributed by atoms with Crippen molar-refractivity contribution < 1.29 is 9.53 Å². The van der Waals surface area contributed by atoms with Crippen molar-refractivity contribution in [2.75, 3.05) is 25.6 Å². The van der Waals surface area contributed by atoms with E-state index in [0.29, 0.717) is 18.1 Å². The number of nitrogens with zero attached hydrogens (tertiary/aromatic N) is 1. The number of amides is 1. The molecule has 0 fully saturated rings. The molecule has 0 aliphatic rings. The van der Waals surface area contributed by atoms with Crippen molar-refractivity contribution in [2.24, 2.45) is 5.92 Å². The number of nitrogens with one attached hydrogen (secondary N) is 2. The predicted octanol–water partition coefficient (Wildman–Crippen LogP) is 2.30. The summed E-state index contributed by atoms with van der Waals surface area (Å²) < 4.78 is 5.15. The van der Waals surface area contributed by atoms with Crippen LogP contribution >= 0.6 is 0 Å². The van der Waals surface area contributed by atoms with E-state index >= 15 is 0 Å². The van der Waals surface area contributed by atoms with Crippen LogP contribution in [0.15, 0.2) is 18.5 Å². The second kappa shape index (κ2) is 8.53. The molecule has 112 valence electrons. The quantitative estimate of drug-likeness (QED) is 0.766. The lowest BCUT2D eigenvalue weighted by molar-refractivity contribution is 0.0867. The molecule has 2 N–H and O–H groups in total. The maximum atomic E-state index is 12.4. The Balaban J connectivity index is 2.80. The van der Waals surface area contributed by atoms with Crippen LogP contribution in [0.1, 0.15) is 37.6 Å². The summed E-state index contributed by atoms with van der Waals surface area (Å²) in [4.78, 5) is 16.4. The topological polar surface area (TPSA) is 63.2 Å². The average molecular weight is 279 g/mol. The number of hydrogen-bond acceptors (Lipinski definition) is 4. The van der Waals surface area contributed by atoms with E-state index in [9.17, 15) is 4.79 Å². The summed E-state index contributed by atoms with van der Waals surface area (Å²) in [5.74, 6) is 0.190. The Morgan fingerprint density at radius 2 is 2.20 bits per heavy atom. The van der Waals surface area contributed by atoms with E-state index in [0.717, 1.165) is 18.7 Å². The van der Waals surface area contributed by atoms with E-state index in [1.165, 1.54) is 0 Å². The molecular weight excluding hydrogens is 254 g/mol. The Hall–Kier alpha value is -1.62. The summed E-state index contributed by atoms with van der Waals surface area (Å²) in [6, 6.07) is 1.82. The highest BCUT2D eigenvalue weighted by Gasteiger charge is 2.19. The van der Waals surface area contributed by atoms with Gasteiger partial charge in [-0.25, -0.2) is 0 Å². The second-order valence-corrected chi connectivity index (χ2v) is 5.13. The van der Waals surface area contributed by atoms with Crippen LogP contribution in [0.2, 0.25) is 0 Å². The third-order valence-corrected chi connectivity index (χ3v) is 3.10. The third-order valence-electron chi connectivity index (χ3n) is 3.10. The standard InChI is InChI=1S/C15H25N3O2/c1-5-7-17-13-6-8-16-9-12(13)15(19)18-14(10-20-4)11(2)3/h6,8-9,11,14H,5,7,10H2,1-4H3,(H,16,17)(H,18,19). The number of ether oxygens (including phenoxy) is 1. The van der Waals surface area contributed by atoms with Gasteiger partial charge >= 0.3 is 0 Å². The molecular formula is C15H25N3O2. The molecule has 5 nitrogen and oxygen atoms in total. The van der Waals surface area contributed by atoms with E-state index in [1.807, 2.05) is 6.07 Å². The highest BCUT2D eigenvalue weighted by atomic mass is 16.5. The molecule has 20 heavy (non-hydrogen) atoms. The fourth-order valence-electron chi connectivity index (χ4n) is 1.82. The first-order valence-corrected chi connectivity index (χ1v) is 7.07. The van der Waals surface area contributed by atoms with Gasteiger partial charge in [0.05, 0.1) is 23.9 Å². The molecule has 1 heterocycles.